The van der Waals surface area contributed by atoms with E-state index in [2.05, 4.69) is 24.3 Å². The van der Waals surface area contributed by atoms with Crippen LogP contribution in [-0.4, -0.2) is 71.4 Å². The van der Waals surface area contributed by atoms with Gasteiger partial charge in [0, 0.05) is 38.5 Å². The number of hydrogen-bond acceptors (Lipinski definition) is 7. The molecule has 2 bridgehead atoms. The highest BCUT2D eigenvalue weighted by Gasteiger charge is 2.57. The maximum atomic E-state index is 14.8. The highest BCUT2D eigenvalue weighted by molar-refractivity contribution is 7.99. The molecule has 5 fully saturated rings. The van der Waals surface area contributed by atoms with E-state index in [1.165, 1.54) is 81.8 Å². The Morgan fingerprint density at radius 1 is 0.833 bits per heavy atom. The molecule has 1 spiro atoms. The first-order valence-electron chi connectivity index (χ1n) is 17.4. The van der Waals surface area contributed by atoms with Gasteiger partial charge in [-0.15, -0.1) is 11.8 Å². The molecule has 12 heteroatoms. The van der Waals surface area contributed by atoms with E-state index in [1.807, 2.05) is 48.2 Å². The Morgan fingerprint density at radius 3 is 1.75 bits per heavy atom. The average molecular weight is 710 g/mol. The zero-order valence-corrected chi connectivity index (χ0v) is 28.8. The van der Waals surface area contributed by atoms with E-state index in [0.29, 0.717) is 18.0 Å². The molecular weight excluding hydrogens is 664 g/mol. The summed E-state index contributed by atoms with van der Waals surface area (Å²) in [4.78, 5) is 14.8. The summed E-state index contributed by atoms with van der Waals surface area (Å²) in [5.41, 5.74) is -5.13. The lowest BCUT2D eigenvalue weighted by Gasteiger charge is -2.47. The van der Waals surface area contributed by atoms with Crippen molar-refractivity contribution in [2.24, 2.45) is 11.8 Å². The zero-order chi connectivity index (χ0) is 34.0. The second-order valence-corrected chi connectivity index (χ2v) is 16.8. The fourth-order valence-corrected chi connectivity index (χ4v) is 10.1. The van der Waals surface area contributed by atoms with Gasteiger partial charge in [-0.2, -0.15) is 13.2 Å². The summed E-state index contributed by atoms with van der Waals surface area (Å²) in [5, 5.41) is 0. The predicted molar refractivity (Wildman–Crippen MR) is 177 cm³/mol. The maximum absolute atomic E-state index is 14.8. The molecule has 0 amide bonds. The lowest BCUT2D eigenvalue weighted by atomic mass is 9.83. The van der Waals surface area contributed by atoms with E-state index < -0.39 is 21.2 Å². The molecule has 0 radical (unpaired) electrons. The Bertz CT molecular complexity index is 1420. The van der Waals surface area contributed by atoms with Crippen LogP contribution in [0, 0.1) is 11.8 Å². The third-order valence-corrected chi connectivity index (χ3v) is 13.6. The van der Waals surface area contributed by atoms with E-state index in [1.54, 1.807) is 0 Å². The van der Waals surface area contributed by atoms with Gasteiger partial charge in [-0.05, 0) is 54.4 Å². The SMILES string of the molecule is O=C(OC1CC2CCC(C1)[N+]21CCCC1)C(OC(SCC1CCC1)C1CCC1)(c1ccccc1)c1ccccc1.O=S(=O)([O-])C(F)(F)F. The summed E-state index contributed by atoms with van der Waals surface area (Å²) in [6.07, 6.45) is 14.9. The van der Waals surface area contributed by atoms with E-state index in [-0.39, 0.29) is 17.5 Å². The van der Waals surface area contributed by atoms with Crippen LogP contribution in [0.2, 0.25) is 0 Å². The number of carbonyl (C=O) groups is 1. The van der Waals surface area contributed by atoms with Crippen molar-refractivity contribution in [3.05, 3.63) is 71.8 Å². The summed E-state index contributed by atoms with van der Waals surface area (Å²) >= 11 is 1.96. The van der Waals surface area contributed by atoms with Crippen molar-refractivity contribution >= 4 is 27.8 Å². The Balaban J connectivity index is 0.000000449. The summed E-state index contributed by atoms with van der Waals surface area (Å²) in [6.45, 7) is 2.66. The Labute approximate surface area is 286 Å². The number of ether oxygens (including phenoxy) is 2. The summed E-state index contributed by atoms with van der Waals surface area (Å²) in [7, 11) is -6.09. The third-order valence-electron chi connectivity index (χ3n) is 11.5. The van der Waals surface area contributed by atoms with Crippen molar-refractivity contribution in [2.45, 2.75) is 112 Å². The molecule has 3 heterocycles. The number of carbonyl (C=O) groups excluding carboxylic acids is 1. The van der Waals surface area contributed by atoms with Gasteiger partial charge in [-0.1, -0.05) is 73.5 Å². The molecule has 264 valence electrons. The number of thioether (sulfide) groups is 1. The first kappa shape index (κ1) is 35.7. The van der Waals surface area contributed by atoms with Gasteiger partial charge in [-0.25, -0.2) is 13.2 Å². The van der Waals surface area contributed by atoms with Crippen LogP contribution in [0.15, 0.2) is 60.7 Å². The number of quaternary nitrogens is 1. The van der Waals surface area contributed by atoms with Crippen molar-refractivity contribution < 1.29 is 44.9 Å². The summed E-state index contributed by atoms with van der Waals surface area (Å²) in [5.74, 6) is 2.21. The fourth-order valence-electron chi connectivity index (χ4n) is 8.52. The Kier molecular flexibility index (Phi) is 10.9. The molecule has 2 aromatic rings. The number of benzene rings is 2. The van der Waals surface area contributed by atoms with Gasteiger partial charge in [0.1, 0.15) is 11.5 Å². The zero-order valence-electron chi connectivity index (χ0n) is 27.2. The van der Waals surface area contributed by atoms with Crippen molar-refractivity contribution in [1.29, 1.82) is 0 Å². The van der Waals surface area contributed by atoms with Crippen molar-refractivity contribution in [3.63, 3.8) is 0 Å². The fraction of sp³-hybridized carbons (Fsp3) is 0.639. The monoisotopic (exact) mass is 709 g/mol. The van der Waals surface area contributed by atoms with Crippen LogP contribution in [0.1, 0.15) is 88.2 Å². The number of piperidine rings is 1. The molecule has 2 aliphatic carbocycles. The molecule has 7 nitrogen and oxygen atoms in total. The summed E-state index contributed by atoms with van der Waals surface area (Å²) < 4.78 is 74.2. The third kappa shape index (κ3) is 7.33. The minimum Gasteiger partial charge on any atom is -0.741 e. The minimum atomic E-state index is -6.09. The molecule has 3 unspecified atom stereocenters. The topological polar surface area (TPSA) is 92.7 Å². The number of alkyl halides is 3. The first-order chi connectivity index (χ1) is 22.9. The highest BCUT2D eigenvalue weighted by atomic mass is 32.2. The molecule has 0 aromatic heterocycles. The van der Waals surface area contributed by atoms with Crippen molar-refractivity contribution in [3.8, 4) is 0 Å². The van der Waals surface area contributed by atoms with Crippen LogP contribution in [0.5, 0.6) is 0 Å². The molecule has 0 N–H and O–H groups in total. The van der Waals surface area contributed by atoms with Gasteiger partial charge in [0.2, 0.25) is 5.60 Å². The summed E-state index contributed by atoms with van der Waals surface area (Å²) in [6, 6.07) is 21.8. The molecule has 7 rings (SSSR count). The van der Waals surface area contributed by atoms with Crippen LogP contribution in [0.4, 0.5) is 13.2 Å². The largest absolute Gasteiger partial charge is 0.741 e. The van der Waals surface area contributed by atoms with Crippen molar-refractivity contribution in [2.75, 3.05) is 18.8 Å². The molecule has 3 atom stereocenters. The first-order valence-corrected chi connectivity index (χ1v) is 19.9. The Morgan fingerprint density at radius 2 is 1.33 bits per heavy atom. The van der Waals surface area contributed by atoms with Crippen LogP contribution in [0.3, 0.4) is 0 Å². The molecule has 2 saturated carbocycles. The molecule has 48 heavy (non-hydrogen) atoms. The van der Waals surface area contributed by atoms with Gasteiger partial charge in [0.25, 0.3) is 0 Å². The Hall–Kier alpha value is -2.12. The average Bonchev–Trinajstić information content (AvgIpc) is 3.54. The second kappa shape index (κ2) is 14.6. The van der Waals surface area contributed by atoms with Crippen LogP contribution >= 0.6 is 11.8 Å². The van der Waals surface area contributed by atoms with Gasteiger partial charge in [0.15, 0.2) is 10.1 Å². The number of rotatable bonds is 10. The number of halogens is 3. The van der Waals surface area contributed by atoms with E-state index in [9.17, 15) is 18.0 Å². The molecule has 3 saturated heterocycles. The predicted octanol–water partition coefficient (Wildman–Crippen LogP) is 7.50. The molecule has 5 aliphatic rings. The minimum absolute atomic E-state index is 0.0109. The maximum Gasteiger partial charge on any atom is 0.485 e. The molecular formula is C36H46F3NO6S2. The normalized spacial score (nSPS) is 26.2. The van der Waals surface area contributed by atoms with E-state index in [4.69, 9.17) is 22.4 Å². The lowest BCUT2D eigenvalue weighted by molar-refractivity contribution is -0.956. The number of hydrogen-bond donors (Lipinski definition) is 0. The lowest BCUT2D eigenvalue weighted by Crippen LogP contribution is -2.60. The van der Waals surface area contributed by atoms with Gasteiger partial charge in [0.05, 0.1) is 25.2 Å². The van der Waals surface area contributed by atoms with Gasteiger partial charge >= 0.3 is 11.5 Å². The van der Waals surface area contributed by atoms with Gasteiger partial charge < -0.3 is 18.5 Å². The van der Waals surface area contributed by atoms with Crippen LogP contribution in [-0.2, 0) is 30.0 Å². The molecule has 2 aromatic carbocycles. The highest BCUT2D eigenvalue weighted by Crippen LogP contribution is 2.49. The van der Waals surface area contributed by atoms with E-state index in [0.717, 1.165) is 35.6 Å². The quantitative estimate of drug-likeness (QED) is 0.0830. The van der Waals surface area contributed by atoms with Gasteiger partial charge in [-0.3, -0.25) is 0 Å². The van der Waals surface area contributed by atoms with Crippen LogP contribution < -0.4 is 0 Å². The second-order valence-electron chi connectivity index (χ2n) is 14.3. The van der Waals surface area contributed by atoms with Crippen LogP contribution in [0.25, 0.3) is 0 Å². The smallest absolute Gasteiger partial charge is 0.485 e. The molecule has 3 aliphatic heterocycles. The standard InChI is InChI=1S/C35H46NO3S.CHF3O3S/c37-34(38-32-23-30-19-20-31(24-32)36(30)21-7-8-22-36)35(28-15-3-1-4-16-28,29-17-5-2-6-18-29)39-33(27-13-10-14-27)40-25-26-11-9-12-26;2-1(3,4)8(5,6)7/h1-6,15-18,26-27,30-33H,7-14,19-25H2;(H,5,6,7)/q+1;/p-1. The number of nitrogens with zero attached hydrogens (tertiary/aromatic N) is 1. The van der Waals surface area contributed by atoms with Crippen molar-refractivity contribution in [1.82, 2.24) is 0 Å². The number of esters is 1. The van der Waals surface area contributed by atoms with E-state index >= 15 is 0 Å².